The highest BCUT2D eigenvalue weighted by molar-refractivity contribution is 6.33. The van der Waals surface area contributed by atoms with Crippen LogP contribution in [0.4, 0.5) is 4.39 Å². The van der Waals surface area contributed by atoms with Gasteiger partial charge in [-0.2, -0.15) is 0 Å². The Morgan fingerprint density at radius 1 is 1.12 bits per heavy atom. The van der Waals surface area contributed by atoms with Crippen LogP contribution >= 0.6 is 23.2 Å². The van der Waals surface area contributed by atoms with Gasteiger partial charge in [-0.3, -0.25) is 0 Å². The quantitative estimate of drug-likeness (QED) is 0.739. The number of rotatable bonds is 1. The lowest BCUT2D eigenvalue weighted by Gasteiger charge is -2.02. The SMILES string of the molecule is Cc1nccc(-c2nc(Cl)c(F)c(Cl)n2)n1. The van der Waals surface area contributed by atoms with E-state index in [2.05, 4.69) is 19.9 Å². The van der Waals surface area contributed by atoms with E-state index in [0.717, 1.165) is 0 Å². The molecular formula is C9H5Cl2FN4. The number of aromatic nitrogens is 4. The van der Waals surface area contributed by atoms with E-state index in [-0.39, 0.29) is 16.1 Å². The minimum atomic E-state index is -0.835. The molecule has 0 unspecified atom stereocenters. The van der Waals surface area contributed by atoms with E-state index in [1.165, 1.54) is 0 Å². The van der Waals surface area contributed by atoms with Crippen molar-refractivity contribution in [3.63, 3.8) is 0 Å². The Bertz CT molecular complexity index is 524. The third kappa shape index (κ3) is 2.10. The van der Waals surface area contributed by atoms with E-state index in [0.29, 0.717) is 11.5 Å². The van der Waals surface area contributed by atoms with Gasteiger partial charge in [-0.1, -0.05) is 23.2 Å². The number of hydrogen-bond acceptors (Lipinski definition) is 4. The van der Waals surface area contributed by atoms with Crippen LogP contribution in [0.1, 0.15) is 5.82 Å². The summed E-state index contributed by atoms with van der Waals surface area (Å²) in [5, 5.41) is -0.655. The predicted molar refractivity (Wildman–Crippen MR) is 57.8 cm³/mol. The summed E-state index contributed by atoms with van der Waals surface area (Å²) in [4.78, 5) is 15.5. The van der Waals surface area contributed by atoms with Gasteiger partial charge in [-0.05, 0) is 13.0 Å². The summed E-state index contributed by atoms with van der Waals surface area (Å²) >= 11 is 11.1. The molecule has 0 aliphatic heterocycles. The maximum atomic E-state index is 13.1. The Morgan fingerprint density at radius 2 is 1.75 bits per heavy atom. The first-order valence-electron chi connectivity index (χ1n) is 4.26. The van der Waals surface area contributed by atoms with Gasteiger partial charge in [0.1, 0.15) is 11.5 Å². The zero-order chi connectivity index (χ0) is 11.7. The van der Waals surface area contributed by atoms with E-state index in [1.54, 1.807) is 19.2 Å². The lowest BCUT2D eigenvalue weighted by atomic mass is 10.3. The third-order valence-corrected chi connectivity index (χ3v) is 2.28. The Hall–Kier alpha value is -1.33. The summed E-state index contributed by atoms with van der Waals surface area (Å²) in [6.45, 7) is 1.72. The van der Waals surface area contributed by atoms with Crippen molar-refractivity contribution in [2.45, 2.75) is 6.92 Å². The van der Waals surface area contributed by atoms with E-state index in [1.807, 2.05) is 0 Å². The van der Waals surface area contributed by atoms with E-state index in [9.17, 15) is 4.39 Å². The fourth-order valence-electron chi connectivity index (χ4n) is 1.09. The zero-order valence-electron chi connectivity index (χ0n) is 8.08. The van der Waals surface area contributed by atoms with Crippen LogP contribution in [0.3, 0.4) is 0 Å². The molecule has 2 aromatic rings. The molecule has 0 saturated heterocycles. The van der Waals surface area contributed by atoms with Crippen molar-refractivity contribution >= 4 is 23.2 Å². The zero-order valence-corrected chi connectivity index (χ0v) is 9.59. The van der Waals surface area contributed by atoms with Crippen molar-refractivity contribution in [2.24, 2.45) is 0 Å². The standard InChI is InChI=1S/C9H5Cl2FN4/c1-4-13-3-2-5(14-4)9-15-7(10)6(12)8(11)16-9/h2-3H,1H3. The summed E-state index contributed by atoms with van der Waals surface area (Å²) in [5.41, 5.74) is 0.441. The normalized spacial score (nSPS) is 10.5. The van der Waals surface area contributed by atoms with Crippen LogP contribution in [0.2, 0.25) is 10.3 Å². The molecule has 0 N–H and O–H groups in total. The molecule has 16 heavy (non-hydrogen) atoms. The second-order valence-electron chi connectivity index (χ2n) is 2.93. The molecule has 2 heterocycles. The molecular weight excluding hydrogens is 254 g/mol. The fraction of sp³-hybridized carbons (Fsp3) is 0.111. The van der Waals surface area contributed by atoms with Crippen LogP contribution < -0.4 is 0 Å². The minimum Gasteiger partial charge on any atom is -0.242 e. The molecule has 0 atom stereocenters. The van der Waals surface area contributed by atoms with Gasteiger partial charge in [0.15, 0.2) is 21.9 Å². The van der Waals surface area contributed by atoms with Crippen molar-refractivity contribution in [1.82, 2.24) is 19.9 Å². The van der Waals surface area contributed by atoms with Gasteiger partial charge in [-0.15, -0.1) is 0 Å². The summed E-state index contributed by atoms with van der Waals surface area (Å²) in [7, 11) is 0. The summed E-state index contributed by atoms with van der Waals surface area (Å²) in [6.07, 6.45) is 1.55. The molecule has 0 saturated carbocycles. The van der Waals surface area contributed by atoms with Gasteiger partial charge in [0.25, 0.3) is 0 Å². The van der Waals surface area contributed by atoms with Gasteiger partial charge in [-0.25, -0.2) is 24.3 Å². The van der Waals surface area contributed by atoms with Gasteiger partial charge in [0, 0.05) is 6.20 Å². The first-order chi connectivity index (χ1) is 7.58. The Balaban J connectivity index is 2.57. The van der Waals surface area contributed by atoms with Crippen molar-refractivity contribution in [3.8, 4) is 11.5 Å². The van der Waals surface area contributed by atoms with E-state index >= 15 is 0 Å². The van der Waals surface area contributed by atoms with Crippen LogP contribution in [0.15, 0.2) is 12.3 Å². The highest BCUT2D eigenvalue weighted by Crippen LogP contribution is 2.22. The van der Waals surface area contributed by atoms with Crippen molar-refractivity contribution < 1.29 is 4.39 Å². The second kappa shape index (κ2) is 4.27. The van der Waals surface area contributed by atoms with Crippen LogP contribution in [0.5, 0.6) is 0 Å². The van der Waals surface area contributed by atoms with Gasteiger partial charge in [0.05, 0.1) is 0 Å². The maximum absolute atomic E-state index is 13.1. The first kappa shape index (κ1) is 11.2. The summed E-state index contributed by atoms with van der Waals surface area (Å²) in [6, 6.07) is 1.59. The molecule has 4 nitrogen and oxygen atoms in total. The lowest BCUT2D eigenvalue weighted by Crippen LogP contribution is -1.98. The largest absolute Gasteiger partial charge is 0.242 e. The fourth-order valence-corrected chi connectivity index (χ4v) is 1.48. The molecule has 0 amide bonds. The molecule has 2 aromatic heterocycles. The molecule has 0 fully saturated rings. The Morgan fingerprint density at radius 3 is 2.31 bits per heavy atom. The Labute approximate surface area is 101 Å². The number of aryl methyl sites for hydroxylation is 1. The average Bonchev–Trinajstić information content (AvgIpc) is 2.25. The third-order valence-electron chi connectivity index (χ3n) is 1.78. The molecule has 82 valence electrons. The van der Waals surface area contributed by atoms with Crippen LogP contribution in [-0.4, -0.2) is 19.9 Å². The maximum Gasteiger partial charge on any atom is 0.197 e. The minimum absolute atomic E-state index is 0.168. The Kier molecular flexibility index (Phi) is 2.98. The highest BCUT2D eigenvalue weighted by atomic mass is 35.5. The van der Waals surface area contributed by atoms with Crippen molar-refractivity contribution in [1.29, 1.82) is 0 Å². The van der Waals surface area contributed by atoms with Crippen LogP contribution in [-0.2, 0) is 0 Å². The van der Waals surface area contributed by atoms with Crippen molar-refractivity contribution in [3.05, 3.63) is 34.2 Å². The lowest BCUT2D eigenvalue weighted by molar-refractivity contribution is 0.615. The van der Waals surface area contributed by atoms with Gasteiger partial charge >= 0.3 is 0 Å². The number of hydrogen-bond donors (Lipinski definition) is 0. The number of halogens is 3. The number of nitrogens with zero attached hydrogens (tertiary/aromatic N) is 4. The van der Waals surface area contributed by atoms with Crippen molar-refractivity contribution in [2.75, 3.05) is 0 Å². The molecule has 0 aliphatic rings. The predicted octanol–water partition coefficient (Wildman–Crippen LogP) is 2.69. The second-order valence-corrected chi connectivity index (χ2v) is 3.65. The molecule has 0 spiro atoms. The summed E-state index contributed by atoms with van der Waals surface area (Å²) in [5.74, 6) is -0.113. The molecule has 0 aromatic carbocycles. The first-order valence-corrected chi connectivity index (χ1v) is 5.02. The molecule has 0 bridgehead atoms. The van der Waals surface area contributed by atoms with Gasteiger partial charge in [0.2, 0.25) is 0 Å². The average molecular weight is 259 g/mol. The summed E-state index contributed by atoms with van der Waals surface area (Å²) < 4.78 is 13.1. The van der Waals surface area contributed by atoms with Crippen LogP contribution in [0.25, 0.3) is 11.5 Å². The molecule has 0 aliphatic carbocycles. The molecule has 0 radical (unpaired) electrons. The van der Waals surface area contributed by atoms with Crippen LogP contribution in [0, 0.1) is 12.7 Å². The topological polar surface area (TPSA) is 51.6 Å². The van der Waals surface area contributed by atoms with E-state index < -0.39 is 5.82 Å². The molecule has 7 heteroatoms. The smallest absolute Gasteiger partial charge is 0.197 e. The van der Waals surface area contributed by atoms with E-state index in [4.69, 9.17) is 23.2 Å². The molecule has 2 rings (SSSR count). The highest BCUT2D eigenvalue weighted by Gasteiger charge is 2.13. The van der Waals surface area contributed by atoms with Gasteiger partial charge < -0.3 is 0 Å². The monoisotopic (exact) mass is 258 g/mol.